The maximum atomic E-state index is 2.41. The summed E-state index contributed by atoms with van der Waals surface area (Å²) in [5.41, 5.74) is 9.49. The van der Waals surface area contributed by atoms with Crippen molar-refractivity contribution in [1.82, 2.24) is 4.57 Å². The van der Waals surface area contributed by atoms with Gasteiger partial charge < -0.3 is 0 Å². The van der Waals surface area contributed by atoms with Crippen LogP contribution >= 0.6 is 0 Å². The summed E-state index contributed by atoms with van der Waals surface area (Å²) in [6.07, 6.45) is 0. The molecule has 0 fully saturated rings. The zero-order valence-corrected chi connectivity index (χ0v) is 28.3. The van der Waals surface area contributed by atoms with E-state index in [2.05, 4.69) is 191 Å². The minimum absolute atomic E-state index is 0.293. The average Bonchev–Trinajstić information content (AvgIpc) is 3.70. The second kappa shape index (κ2) is 11.4. The number of hydrogen-bond acceptors (Lipinski definition) is 1. The Labute approximate surface area is 290 Å². The van der Waals surface area contributed by atoms with E-state index in [-0.39, 0.29) is 0 Å². The Morgan fingerprint density at radius 3 is 1.86 bits per heavy atom. The average molecular weight is 690 g/mol. The molecule has 3 heteroatoms. The van der Waals surface area contributed by atoms with Crippen LogP contribution in [0.15, 0.2) is 182 Å². The van der Waals surface area contributed by atoms with Crippen LogP contribution in [0, 0.1) is 0 Å². The van der Waals surface area contributed by atoms with E-state index in [1.165, 1.54) is 74.4 Å². The topological polar surface area (TPSA) is 8.17 Å². The molecule has 0 aliphatic heterocycles. The van der Waals surface area contributed by atoms with Gasteiger partial charge in [-0.05, 0) is 18.2 Å². The molecule has 0 aliphatic rings. The molecule has 0 amide bonds. The molecule has 0 aliphatic carbocycles. The monoisotopic (exact) mass is 690 g/mol. The molecule has 230 valence electrons. The first-order chi connectivity index (χ1) is 24.3. The summed E-state index contributed by atoms with van der Waals surface area (Å²) in [6.45, 7) is 0. The minimum atomic E-state index is 0.293. The van der Waals surface area contributed by atoms with Crippen LogP contribution in [0.3, 0.4) is 0 Å². The van der Waals surface area contributed by atoms with E-state index in [1.807, 2.05) is 0 Å². The number of para-hydroxylation sites is 2. The van der Waals surface area contributed by atoms with Crippen molar-refractivity contribution in [2.45, 2.75) is 0 Å². The first kappa shape index (κ1) is 28.2. The molecule has 49 heavy (non-hydrogen) atoms. The van der Waals surface area contributed by atoms with E-state index in [1.54, 1.807) is 0 Å². The van der Waals surface area contributed by atoms with Gasteiger partial charge in [0, 0.05) is 11.1 Å². The van der Waals surface area contributed by atoms with Gasteiger partial charge in [-0.25, -0.2) is 0 Å². The molecule has 0 radical (unpaired) electrons. The van der Waals surface area contributed by atoms with Gasteiger partial charge in [0.2, 0.25) is 0 Å². The standard InChI is InChI=1S/C46H30N2Se/c1-2-12-35(13-3-1)48-43-16-8-6-14-39(43)40-26-21-34(29-44(40)48)32-18-22-36(23-19-32)47(37-24-20-31-10-4-5-11-33(31)28-37)38-25-27-42-41-15-7-9-17-45(41)49-46(42)30-38/h1-30H. The van der Waals surface area contributed by atoms with Crippen LogP contribution in [0.1, 0.15) is 0 Å². The molecule has 8 aromatic carbocycles. The Balaban J connectivity index is 1.10. The van der Waals surface area contributed by atoms with Crippen LogP contribution < -0.4 is 4.90 Å². The maximum Gasteiger partial charge on any atom is -0.0380 e. The molecule has 2 nitrogen and oxygen atoms in total. The van der Waals surface area contributed by atoms with Gasteiger partial charge in [-0.3, -0.25) is 0 Å². The van der Waals surface area contributed by atoms with Crippen LogP contribution in [-0.2, 0) is 0 Å². The number of fused-ring (bicyclic) bond motifs is 7. The Bertz CT molecular complexity index is 2830. The summed E-state index contributed by atoms with van der Waals surface area (Å²) in [4.78, 5) is 2.41. The fourth-order valence-corrected chi connectivity index (χ4v) is 9.81. The van der Waals surface area contributed by atoms with Gasteiger partial charge in [0.1, 0.15) is 0 Å². The molecule has 0 saturated heterocycles. The fraction of sp³-hybridized carbons (Fsp3) is 0. The number of benzene rings is 8. The van der Waals surface area contributed by atoms with Crippen molar-refractivity contribution >= 4 is 83.4 Å². The van der Waals surface area contributed by atoms with Crippen molar-refractivity contribution in [2.75, 3.05) is 4.90 Å². The largest absolute Gasteiger partial charge is 0.0602 e. The zero-order chi connectivity index (χ0) is 32.3. The van der Waals surface area contributed by atoms with E-state index in [0.29, 0.717) is 14.5 Å². The minimum Gasteiger partial charge on any atom is -0.0602 e. The van der Waals surface area contributed by atoms with Crippen molar-refractivity contribution in [3.8, 4) is 16.8 Å². The van der Waals surface area contributed by atoms with Crippen LogP contribution in [0.4, 0.5) is 17.1 Å². The Kier molecular flexibility index (Phi) is 6.55. The molecular weight excluding hydrogens is 659 g/mol. The third-order valence-electron chi connectivity index (χ3n) is 9.76. The van der Waals surface area contributed by atoms with Gasteiger partial charge in [-0.1, -0.05) is 36.4 Å². The number of nitrogens with zero attached hydrogens (tertiary/aromatic N) is 2. The summed E-state index contributed by atoms with van der Waals surface area (Å²) in [6, 6.07) is 66.7. The third-order valence-corrected chi connectivity index (χ3v) is 12.1. The molecule has 0 N–H and O–H groups in total. The predicted octanol–water partition coefficient (Wildman–Crippen LogP) is 12.4. The van der Waals surface area contributed by atoms with E-state index < -0.39 is 0 Å². The van der Waals surface area contributed by atoms with Crippen molar-refractivity contribution in [2.24, 2.45) is 0 Å². The zero-order valence-electron chi connectivity index (χ0n) is 26.6. The normalized spacial score (nSPS) is 11.7. The number of hydrogen-bond donors (Lipinski definition) is 0. The Morgan fingerprint density at radius 1 is 0.367 bits per heavy atom. The van der Waals surface area contributed by atoms with Crippen molar-refractivity contribution < 1.29 is 0 Å². The van der Waals surface area contributed by atoms with E-state index in [0.717, 1.165) is 11.4 Å². The summed E-state index contributed by atoms with van der Waals surface area (Å²) in [5.74, 6) is 0. The summed E-state index contributed by atoms with van der Waals surface area (Å²) in [5, 5.41) is 7.78. The quantitative estimate of drug-likeness (QED) is 0.163. The van der Waals surface area contributed by atoms with E-state index in [4.69, 9.17) is 0 Å². The maximum absolute atomic E-state index is 2.41. The van der Waals surface area contributed by atoms with Crippen LogP contribution in [0.2, 0.25) is 0 Å². The Morgan fingerprint density at radius 2 is 0.980 bits per heavy atom. The fourth-order valence-electron chi connectivity index (χ4n) is 7.42. The predicted molar refractivity (Wildman–Crippen MR) is 210 cm³/mol. The van der Waals surface area contributed by atoms with Gasteiger partial charge in [0.15, 0.2) is 0 Å². The van der Waals surface area contributed by atoms with E-state index in [9.17, 15) is 0 Å². The molecule has 0 bridgehead atoms. The van der Waals surface area contributed by atoms with Crippen molar-refractivity contribution in [1.29, 1.82) is 0 Å². The number of rotatable bonds is 5. The van der Waals surface area contributed by atoms with Crippen molar-refractivity contribution in [3.05, 3.63) is 182 Å². The molecule has 0 atom stereocenters. The van der Waals surface area contributed by atoms with Gasteiger partial charge in [0.25, 0.3) is 0 Å². The van der Waals surface area contributed by atoms with Crippen LogP contribution in [-0.4, -0.2) is 19.1 Å². The van der Waals surface area contributed by atoms with Gasteiger partial charge in [-0.2, -0.15) is 0 Å². The van der Waals surface area contributed by atoms with Crippen molar-refractivity contribution in [3.63, 3.8) is 0 Å². The van der Waals surface area contributed by atoms with E-state index >= 15 is 0 Å². The van der Waals surface area contributed by atoms with Gasteiger partial charge in [-0.15, -0.1) is 0 Å². The molecule has 10 aromatic rings. The van der Waals surface area contributed by atoms with Crippen LogP contribution in [0.25, 0.3) is 68.7 Å². The van der Waals surface area contributed by atoms with Gasteiger partial charge >= 0.3 is 221 Å². The smallest absolute Gasteiger partial charge is 0.0380 e. The first-order valence-corrected chi connectivity index (χ1v) is 18.4. The summed E-state index contributed by atoms with van der Waals surface area (Å²) >= 11 is 0.293. The van der Waals surface area contributed by atoms with Gasteiger partial charge in [0.05, 0.1) is 5.52 Å². The molecular formula is C46H30N2Se. The van der Waals surface area contributed by atoms with Crippen LogP contribution in [0.5, 0.6) is 0 Å². The molecule has 2 heterocycles. The second-order valence-electron chi connectivity index (χ2n) is 12.6. The SMILES string of the molecule is c1ccc(-n2c3ccccc3c3ccc(-c4ccc(N(c5ccc6ccccc6c5)c5ccc6c(c5)[se]c5ccccc56)cc4)cc32)cc1. The third kappa shape index (κ3) is 4.70. The number of aromatic nitrogens is 1. The first-order valence-electron chi connectivity index (χ1n) is 16.7. The summed E-state index contributed by atoms with van der Waals surface area (Å²) < 4.78 is 5.29. The molecule has 0 spiro atoms. The molecule has 2 aromatic heterocycles. The number of anilines is 3. The second-order valence-corrected chi connectivity index (χ2v) is 14.9. The molecule has 0 saturated carbocycles. The summed E-state index contributed by atoms with van der Waals surface area (Å²) in [7, 11) is 0. The Hall–Kier alpha value is -5.86. The molecule has 10 rings (SSSR count). The molecule has 0 unspecified atom stereocenters.